The number of carboxylic acid groups (broad SMARTS) is 1. The topological polar surface area (TPSA) is 108 Å². The predicted octanol–water partition coefficient (Wildman–Crippen LogP) is 7.74. The Hall–Kier alpha value is -3.67. The number of thioether (sulfide) groups is 3. The van der Waals surface area contributed by atoms with Gasteiger partial charge in [0, 0.05) is 38.8 Å². The average Bonchev–Trinajstić information content (AvgIpc) is 3.01. The number of fused-ring (bicyclic) bond motifs is 1. The van der Waals surface area contributed by atoms with E-state index in [-0.39, 0.29) is 5.88 Å². The summed E-state index contributed by atoms with van der Waals surface area (Å²) in [7, 11) is 0. The van der Waals surface area contributed by atoms with Gasteiger partial charge in [-0.1, -0.05) is 18.2 Å². The summed E-state index contributed by atoms with van der Waals surface area (Å²) < 4.78 is 15.3. The van der Waals surface area contributed by atoms with Crippen molar-refractivity contribution >= 4 is 47.2 Å². The third-order valence-electron chi connectivity index (χ3n) is 6.82. The molecule has 0 saturated heterocycles. The molecule has 11 heteroatoms. The lowest BCUT2D eigenvalue weighted by Crippen LogP contribution is -2.33. The summed E-state index contributed by atoms with van der Waals surface area (Å²) in [4.78, 5) is 37.1. The van der Waals surface area contributed by atoms with Gasteiger partial charge in [-0.2, -0.15) is 0 Å². The van der Waals surface area contributed by atoms with Gasteiger partial charge in [-0.3, -0.25) is 14.6 Å². The number of aliphatic carboxylic acids is 1. The molecule has 4 aromatic rings. The van der Waals surface area contributed by atoms with Crippen LogP contribution in [0.4, 0.5) is 0 Å². The first kappa shape index (κ1) is 31.7. The Bertz CT molecular complexity index is 1690. The van der Waals surface area contributed by atoms with E-state index in [0.29, 0.717) is 35.2 Å². The zero-order valence-electron chi connectivity index (χ0n) is 25.0. The van der Waals surface area contributed by atoms with Crippen LogP contribution in [0.2, 0.25) is 0 Å². The van der Waals surface area contributed by atoms with E-state index in [2.05, 4.69) is 9.97 Å². The van der Waals surface area contributed by atoms with Gasteiger partial charge in [0.2, 0.25) is 5.88 Å². The van der Waals surface area contributed by atoms with E-state index < -0.39 is 21.4 Å². The van der Waals surface area contributed by atoms with Crippen molar-refractivity contribution in [3.63, 3.8) is 0 Å². The van der Waals surface area contributed by atoms with Crippen LogP contribution < -0.4 is 14.2 Å². The molecule has 1 N–H and O–H groups in total. The lowest BCUT2D eigenvalue weighted by Gasteiger charge is -2.25. The first-order chi connectivity index (χ1) is 21.0. The average molecular weight is 649 g/mol. The van der Waals surface area contributed by atoms with E-state index >= 15 is 0 Å². The molecule has 0 fully saturated rings. The molecule has 0 atom stereocenters. The van der Waals surface area contributed by atoms with E-state index in [0.717, 1.165) is 26.5 Å². The number of carbonyl (C=O) groups excluding carboxylic acids is 1. The van der Waals surface area contributed by atoms with E-state index in [9.17, 15) is 14.7 Å². The van der Waals surface area contributed by atoms with Crippen molar-refractivity contribution in [2.45, 2.75) is 51.9 Å². The number of hydrogen-bond donors (Lipinski definition) is 1. The number of nitrogens with zero attached hydrogens (tertiary/aromatic N) is 2. The number of rotatable bonds is 10. The number of hydrogen-bond acceptors (Lipinski definition) is 10. The van der Waals surface area contributed by atoms with E-state index in [4.69, 9.17) is 14.2 Å². The Labute approximate surface area is 269 Å². The van der Waals surface area contributed by atoms with Crippen molar-refractivity contribution in [2.24, 2.45) is 0 Å². The molecule has 0 aliphatic carbocycles. The fraction of sp³-hybridized carbons (Fsp3) is 0.273. The minimum Gasteiger partial charge on any atom is -0.486 e. The van der Waals surface area contributed by atoms with Crippen molar-refractivity contribution in [1.29, 1.82) is 0 Å². The summed E-state index contributed by atoms with van der Waals surface area (Å²) in [6, 6.07) is 17.1. The molecule has 44 heavy (non-hydrogen) atoms. The molecule has 0 bridgehead atoms. The maximum absolute atomic E-state index is 13.8. The van der Waals surface area contributed by atoms with Crippen molar-refractivity contribution in [3.05, 3.63) is 73.2 Å². The third-order valence-corrected chi connectivity index (χ3v) is 10.1. The molecule has 0 unspecified atom stereocenters. The summed E-state index contributed by atoms with van der Waals surface area (Å²) in [5.74, 6) is 0.0288. The van der Waals surface area contributed by atoms with Gasteiger partial charge < -0.3 is 19.3 Å². The SMILES string of the molecule is CSc1ccc(-c2c(SC(C)(C)C(=O)O)ccnc2OC(=O)C(C)(C)Sc2ccncc2-c2ccc3c(c2)OCCO3)cc1. The molecule has 1 aliphatic rings. The summed E-state index contributed by atoms with van der Waals surface area (Å²) in [5.41, 5.74) is 3.06. The lowest BCUT2D eigenvalue weighted by molar-refractivity contribution is -0.139. The van der Waals surface area contributed by atoms with E-state index in [1.165, 1.54) is 29.7 Å². The minimum absolute atomic E-state index is 0.119. The predicted molar refractivity (Wildman–Crippen MR) is 175 cm³/mol. The first-order valence-corrected chi connectivity index (χ1v) is 16.7. The highest BCUT2D eigenvalue weighted by atomic mass is 32.2. The first-order valence-electron chi connectivity index (χ1n) is 13.8. The van der Waals surface area contributed by atoms with Crippen molar-refractivity contribution in [1.82, 2.24) is 9.97 Å². The number of ether oxygens (including phenoxy) is 3. The monoisotopic (exact) mass is 648 g/mol. The van der Waals surface area contributed by atoms with Crippen molar-refractivity contribution < 1.29 is 28.9 Å². The number of pyridine rings is 2. The fourth-order valence-electron chi connectivity index (χ4n) is 4.36. The zero-order valence-corrected chi connectivity index (χ0v) is 27.4. The third kappa shape index (κ3) is 7.00. The number of carboxylic acids is 1. The summed E-state index contributed by atoms with van der Waals surface area (Å²) in [6.45, 7) is 7.87. The molecule has 228 valence electrons. The smallest absolute Gasteiger partial charge is 0.328 e. The Balaban J connectivity index is 1.46. The van der Waals surface area contributed by atoms with E-state index in [1.54, 1.807) is 57.9 Å². The van der Waals surface area contributed by atoms with Gasteiger partial charge in [0.25, 0.3) is 0 Å². The number of benzene rings is 2. The highest BCUT2D eigenvalue weighted by Gasteiger charge is 2.35. The normalized spacial score (nSPS) is 12.9. The fourth-order valence-corrected chi connectivity index (χ4v) is 6.92. The van der Waals surface area contributed by atoms with Gasteiger partial charge in [0.15, 0.2) is 11.5 Å². The molecule has 1 aliphatic heterocycles. The summed E-state index contributed by atoms with van der Waals surface area (Å²) >= 11 is 4.15. The lowest BCUT2D eigenvalue weighted by atomic mass is 10.1. The highest BCUT2D eigenvalue weighted by molar-refractivity contribution is 8.01. The van der Waals surface area contributed by atoms with Crippen molar-refractivity contribution in [3.8, 4) is 39.6 Å². The van der Waals surface area contributed by atoms with Gasteiger partial charge in [-0.05, 0) is 81.5 Å². The molecular weight excluding hydrogens is 617 g/mol. The molecule has 3 heterocycles. The maximum atomic E-state index is 13.8. The summed E-state index contributed by atoms with van der Waals surface area (Å²) in [5, 5.41) is 9.81. The van der Waals surface area contributed by atoms with Crippen molar-refractivity contribution in [2.75, 3.05) is 19.5 Å². The zero-order chi connectivity index (χ0) is 31.5. The molecule has 0 amide bonds. The van der Waals surface area contributed by atoms with Gasteiger partial charge in [-0.25, -0.2) is 4.98 Å². The van der Waals surface area contributed by atoms with Crippen LogP contribution in [0.5, 0.6) is 17.4 Å². The molecule has 0 spiro atoms. The van der Waals surface area contributed by atoms with Crippen LogP contribution in [0.1, 0.15) is 27.7 Å². The second kappa shape index (κ2) is 13.1. The second-order valence-corrected chi connectivity index (χ2v) is 15.1. The van der Waals surface area contributed by atoms with Gasteiger partial charge in [-0.15, -0.1) is 35.3 Å². The van der Waals surface area contributed by atoms with Crippen LogP contribution in [0.15, 0.2) is 87.9 Å². The standard InChI is InChI=1S/C33H32N2O6S3/c1-32(2,30(36)37)44-27-13-15-35-29(28(27)20-6-9-22(42-5)10-7-20)41-31(38)33(3,4)43-26-12-14-34-19-23(26)21-8-11-24-25(18-21)40-17-16-39-24/h6-15,18-19H,16-17H2,1-5H3,(H,36,37). The number of aromatic nitrogens is 2. The van der Waals surface area contributed by atoms with Crippen LogP contribution in [-0.2, 0) is 9.59 Å². The second-order valence-electron chi connectivity index (χ2n) is 10.9. The Morgan fingerprint density at radius 2 is 1.50 bits per heavy atom. The molecular formula is C33H32N2O6S3. The molecule has 8 nitrogen and oxygen atoms in total. The van der Waals surface area contributed by atoms with Crippen LogP contribution in [0.3, 0.4) is 0 Å². The molecule has 0 saturated carbocycles. The molecule has 0 radical (unpaired) electrons. The largest absolute Gasteiger partial charge is 0.486 e. The van der Waals surface area contributed by atoms with Crippen LogP contribution in [-0.4, -0.2) is 56.0 Å². The number of carbonyl (C=O) groups is 2. The van der Waals surface area contributed by atoms with E-state index in [1.807, 2.05) is 54.8 Å². The Morgan fingerprint density at radius 1 is 0.841 bits per heavy atom. The summed E-state index contributed by atoms with van der Waals surface area (Å²) in [6.07, 6.45) is 6.97. The Morgan fingerprint density at radius 3 is 2.20 bits per heavy atom. The number of esters is 1. The quantitative estimate of drug-likeness (QED) is 0.135. The van der Waals surface area contributed by atoms with Gasteiger partial charge in [0.1, 0.15) is 22.7 Å². The maximum Gasteiger partial charge on any atom is 0.328 e. The minimum atomic E-state index is -1.13. The Kier molecular flexibility index (Phi) is 9.48. The van der Waals surface area contributed by atoms with Gasteiger partial charge >= 0.3 is 11.9 Å². The highest BCUT2D eigenvalue weighted by Crippen LogP contribution is 2.45. The van der Waals surface area contributed by atoms with Gasteiger partial charge in [0.05, 0.1) is 5.56 Å². The molecule has 5 rings (SSSR count). The van der Waals surface area contributed by atoms with Crippen LogP contribution in [0.25, 0.3) is 22.3 Å². The molecule has 2 aromatic carbocycles. The molecule has 2 aromatic heterocycles. The van der Waals surface area contributed by atoms with Crippen LogP contribution in [0, 0.1) is 0 Å². The van der Waals surface area contributed by atoms with Crippen LogP contribution >= 0.6 is 35.3 Å².